The molecule has 12 rings (SSSR count). The molecule has 0 aliphatic carbocycles. The molecule has 3 aliphatic heterocycles. The maximum atomic E-state index is 13.9. The van der Waals surface area contributed by atoms with Gasteiger partial charge in [0.1, 0.15) is 22.4 Å². The zero-order chi connectivity index (χ0) is 77.3. The van der Waals surface area contributed by atoms with Crippen LogP contribution in [0.4, 0.5) is 17.1 Å². The largest absolute Gasteiger partial charge is 0.497 e. The maximum Gasteiger partial charge on any atom is 0.345 e. The zero-order valence-electron chi connectivity index (χ0n) is 63.9. The predicted octanol–water partition coefficient (Wildman–Crippen LogP) is 8.39. The highest BCUT2D eigenvalue weighted by Crippen LogP contribution is 2.35. The van der Waals surface area contributed by atoms with Gasteiger partial charge in [-0.1, -0.05) is 48.0 Å². The van der Waals surface area contributed by atoms with E-state index < -0.39 is 17.9 Å². The Hall–Kier alpha value is -11.0. The van der Waals surface area contributed by atoms with Gasteiger partial charge < -0.3 is 85.6 Å². The highest BCUT2D eigenvalue weighted by molar-refractivity contribution is 6.08. The van der Waals surface area contributed by atoms with Crippen LogP contribution in [-0.2, 0) is 33.8 Å². The number of pyridine rings is 3. The van der Waals surface area contributed by atoms with Gasteiger partial charge in [0.2, 0.25) is 0 Å². The van der Waals surface area contributed by atoms with Crippen molar-refractivity contribution in [1.82, 2.24) is 43.1 Å². The number of hydrogen-bond acceptors (Lipinski definition) is 21. The SMILES string of the molecule is CCOC(=O)c1c(N2CCN(C(=O)c3ccc(OC)cc3)CC2)c2cc(C)ccc2n(CCCN(C)C)c1=O.CCOC(=O)c1c(N2CCN(C(=O)c3ccco3)CC2)c2ccccc2n(CCCN(C)C)c1=O.CCOC(=O)c1c(N2CCN(C(=O)c3ccco3)CC2)c2ccccc2n(CCN(C)C)c1=O. The minimum Gasteiger partial charge on any atom is -0.497 e. The molecular weight excluding hydrogens is 1380 g/mol. The summed E-state index contributed by atoms with van der Waals surface area (Å²) in [4.78, 5) is 137. The molecule has 9 aromatic rings. The van der Waals surface area contributed by atoms with Crippen molar-refractivity contribution in [1.29, 1.82) is 0 Å². The first-order valence-electron chi connectivity index (χ1n) is 36.9. The van der Waals surface area contributed by atoms with Crippen LogP contribution in [0.5, 0.6) is 5.75 Å². The number of carbonyl (C=O) groups excluding carboxylic acids is 6. The summed E-state index contributed by atoms with van der Waals surface area (Å²) in [5.41, 5.74) is 4.86. The van der Waals surface area contributed by atoms with Gasteiger partial charge in [-0.05, 0) is 169 Å². The molecule has 5 aromatic heterocycles. The number of aryl methyl sites for hydroxylation is 3. The number of likely N-dealkylation sites (N-methyl/N-ethyl adjacent to an activating group) is 1. The normalized spacial score (nSPS) is 13.9. The molecule has 574 valence electrons. The second kappa shape index (κ2) is 37.0. The van der Waals surface area contributed by atoms with Crippen molar-refractivity contribution in [3.05, 3.63) is 198 Å². The fourth-order valence-corrected chi connectivity index (χ4v) is 14.0. The third-order valence-corrected chi connectivity index (χ3v) is 19.3. The van der Waals surface area contributed by atoms with Crippen LogP contribution in [-0.4, -0.2) is 246 Å². The van der Waals surface area contributed by atoms with Gasteiger partial charge in [-0.25, -0.2) is 14.4 Å². The van der Waals surface area contributed by atoms with Gasteiger partial charge in [-0.3, -0.25) is 28.8 Å². The van der Waals surface area contributed by atoms with Crippen LogP contribution in [0.25, 0.3) is 32.7 Å². The first kappa shape index (κ1) is 79.5. The van der Waals surface area contributed by atoms with Crippen molar-refractivity contribution in [3.63, 3.8) is 0 Å². The van der Waals surface area contributed by atoms with E-state index in [4.69, 9.17) is 27.8 Å². The molecule has 108 heavy (non-hydrogen) atoms. The van der Waals surface area contributed by atoms with Gasteiger partial charge in [0, 0.05) is 126 Å². The first-order chi connectivity index (χ1) is 52.1. The number of esters is 3. The number of rotatable bonds is 24. The van der Waals surface area contributed by atoms with Crippen molar-refractivity contribution >= 4 is 85.4 Å². The van der Waals surface area contributed by atoms with Crippen molar-refractivity contribution in [2.75, 3.05) is 182 Å². The van der Waals surface area contributed by atoms with E-state index in [1.165, 1.54) is 12.5 Å². The Morgan fingerprint density at radius 2 is 0.769 bits per heavy atom. The minimum atomic E-state index is -0.624. The van der Waals surface area contributed by atoms with Gasteiger partial charge in [0.05, 0.1) is 73.1 Å². The predicted molar refractivity (Wildman–Crippen MR) is 417 cm³/mol. The van der Waals surface area contributed by atoms with Crippen LogP contribution in [0.15, 0.2) is 151 Å². The number of piperazine rings is 3. The number of amides is 3. The number of methoxy groups -OCH3 is 1. The molecule has 0 atom stereocenters. The Bertz CT molecular complexity index is 4810. The van der Waals surface area contributed by atoms with E-state index in [0.29, 0.717) is 145 Å². The lowest BCUT2D eigenvalue weighted by Gasteiger charge is -2.37. The molecule has 3 amide bonds. The molecule has 0 radical (unpaired) electrons. The van der Waals surface area contributed by atoms with Gasteiger partial charge in [0.25, 0.3) is 34.4 Å². The molecule has 27 heteroatoms. The fourth-order valence-electron chi connectivity index (χ4n) is 14.0. The fraction of sp³-hybridized carbons (Fsp3) is 0.420. The maximum absolute atomic E-state index is 13.9. The summed E-state index contributed by atoms with van der Waals surface area (Å²) in [6.07, 6.45) is 4.50. The zero-order valence-corrected chi connectivity index (χ0v) is 63.9. The van der Waals surface area contributed by atoms with Crippen molar-refractivity contribution in [2.45, 2.75) is 60.2 Å². The molecule has 8 heterocycles. The Labute approximate surface area is 628 Å². The van der Waals surface area contributed by atoms with E-state index in [2.05, 4.69) is 14.7 Å². The summed E-state index contributed by atoms with van der Waals surface area (Å²) in [6.45, 7) is 17.0. The van der Waals surface area contributed by atoms with Crippen molar-refractivity contribution in [2.24, 2.45) is 0 Å². The number of furan rings is 2. The topological polar surface area (TPSA) is 261 Å². The molecule has 27 nitrogen and oxygen atoms in total. The number of hydrogen-bond donors (Lipinski definition) is 0. The first-order valence-corrected chi connectivity index (χ1v) is 36.9. The van der Waals surface area contributed by atoms with E-state index in [0.717, 1.165) is 64.2 Å². The highest BCUT2D eigenvalue weighted by atomic mass is 16.5. The summed E-state index contributed by atoms with van der Waals surface area (Å²) in [5, 5.41) is 2.48. The molecule has 0 unspecified atom stereocenters. The number of para-hydroxylation sites is 2. The number of ether oxygens (including phenoxy) is 4. The lowest BCUT2D eigenvalue weighted by molar-refractivity contribution is 0.0514. The van der Waals surface area contributed by atoms with Gasteiger partial charge in [-0.2, -0.15) is 0 Å². The Morgan fingerprint density at radius 3 is 1.13 bits per heavy atom. The van der Waals surface area contributed by atoms with Crippen LogP contribution >= 0.6 is 0 Å². The monoisotopic (exact) mass is 1480 g/mol. The minimum absolute atomic E-state index is 0.0464. The molecule has 0 saturated carbocycles. The average Bonchev–Trinajstić information content (AvgIpc) is 0.805. The van der Waals surface area contributed by atoms with Crippen molar-refractivity contribution < 1.29 is 56.5 Å². The number of aromatic nitrogens is 3. The number of nitrogens with zero attached hydrogens (tertiary/aromatic N) is 12. The Balaban J connectivity index is 0.000000173. The number of anilines is 3. The number of fused-ring (bicyclic) bond motifs is 3. The van der Waals surface area contributed by atoms with Gasteiger partial charge >= 0.3 is 17.9 Å². The second-order valence-corrected chi connectivity index (χ2v) is 27.4. The van der Waals surface area contributed by atoms with E-state index in [1.54, 1.807) is 105 Å². The third kappa shape index (κ3) is 18.3. The van der Waals surface area contributed by atoms with E-state index in [-0.39, 0.29) is 70.9 Å². The summed E-state index contributed by atoms with van der Waals surface area (Å²) in [7, 11) is 13.4. The Kier molecular flexibility index (Phi) is 27.2. The second-order valence-electron chi connectivity index (χ2n) is 27.4. The van der Waals surface area contributed by atoms with Gasteiger partial charge in [0.15, 0.2) is 11.5 Å². The molecule has 3 fully saturated rings. The summed E-state index contributed by atoms with van der Waals surface area (Å²) in [6, 6.07) is 35.0. The molecular formula is C81H100N12O15. The molecule has 0 spiro atoms. The number of benzene rings is 4. The van der Waals surface area contributed by atoms with Crippen molar-refractivity contribution in [3.8, 4) is 5.75 Å². The highest BCUT2D eigenvalue weighted by Gasteiger charge is 2.35. The molecule has 0 N–H and O–H groups in total. The molecule has 0 bridgehead atoms. The lowest BCUT2D eigenvalue weighted by atomic mass is 10.0. The van der Waals surface area contributed by atoms with Crippen LogP contribution < -0.4 is 36.1 Å². The smallest absolute Gasteiger partial charge is 0.345 e. The van der Waals surface area contributed by atoms with Crippen LogP contribution in [0, 0.1) is 6.92 Å². The third-order valence-electron chi connectivity index (χ3n) is 19.3. The summed E-state index contributed by atoms with van der Waals surface area (Å²) in [5.74, 6) is -0.943. The standard InChI is InChI=1S/C30H38N4O5.C26H32N4O5.C25H30N4O5/c1-6-39-30(37)26-27(24-20-21(2)8-13-25(24)34(29(26)36)15-7-14-31(3)4)32-16-18-33(19-17-32)28(35)22-9-11-23(38-5)12-10-22;1-4-34-26(33)22-23(28-14-16-29(17-15-28)24(31)21-11-7-18-35-21)19-9-5-6-10-20(19)30(25(22)32)13-8-12-27(2)3;1-4-33-25(32)21-22(27-12-14-28(15-13-27)23(30)20-10-7-17-34-20)18-8-5-6-9-19(18)29(24(21)31)16-11-26(2)3/h8-13,20H,6-7,14-19H2,1-5H3;5-7,9-11,18H,4,8,12-17H2,1-3H3;5-10,17H,4,11-16H2,1-3H3. The van der Waals surface area contributed by atoms with Crippen LogP contribution in [0.3, 0.4) is 0 Å². The lowest BCUT2D eigenvalue weighted by Crippen LogP contribution is -2.49. The summed E-state index contributed by atoms with van der Waals surface area (Å²) >= 11 is 0. The van der Waals surface area contributed by atoms with E-state index in [9.17, 15) is 43.2 Å². The Morgan fingerprint density at radius 1 is 0.407 bits per heavy atom. The van der Waals surface area contributed by atoms with E-state index in [1.807, 2.05) is 131 Å². The van der Waals surface area contributed by atoms with Crippen LogP contribution in [0.1, 0.15) is 102 Å². The quantitative estimate of drug-likeness (QED) is 0.0406. The average molecular weight is 1480 g/mol. The summed E-state index contributed by atoms with van der Waals surface area (Å²) < 4.78 is 36.8. The van der Waals surface area contributed by atoms with Gasteiger partial charge in [-0.15, -0.1) is 0 Å². The molecule has 3 saturated heterocycles. The molecule has 3 aliphatic rings. The van der Waals surface area contributed by atoms with Crippen LogP contribution in [0.2, 0.25) is 0 Å². The van der Waals surface area contributed by atoms with E-state index >= 15 is 0 Å². The molecule has 4 aromatic carbocycles. The number of carbonyl (C=O) groups is 6.